The van der Waals surface area contributed by atoms with E-state index in [-0.39, 0.29) is 22.0 Å². The van der Waals surface area contributed by atoms with Crippen molar-refractivity contribution in [2.45, 2.75) is 18.4 Å². The lowest BCUT2D eigenvalue weighted by Gasteiger charge is -2.11. The maximum absolute atomic E-state index is 13.2. The quantitative estimate of drug-likeness (QED) is 0.625. The minimum atomic E-state index is -3.98. The summed E-state index contributed by atoms with van der Waals surface area (Å²) < 4.78 is 45.8. The van der Waals surface area contributed by atoms with E-state index in [1.54, 1.807) is 19.1 Å². The second kappa shape index (κ2) is 8.14. The number of carbonyl (C=O) groups is 1. The summed E-state index contributed by atoms with van der Waals surface area (Å²) in [7, 11) is -3.98. The fourth-order valence-electron chi connectivity index (χ4n) is 2.47. The molecule has 3 aromatic rings. The van der Waals surface area contributed by atoms with Gasteiger partial charge >= 0.3 is 0 Å². The fraction of sp³-hybridized carbons (Fsp3) is 0.105. The number of rotatable bonds is 6. The van der Waals surface area contributed by atoms with E-state index in [4.69, 9.17) is 16.0 Å². The van der Waals surface area contributed by atoms with E-state index in [9.17, 15) is 17.6 Å². The molecule has 0 spiro atoms. The van der Waals surface area contributed by atoms with Crippen molar-refractivity contribution in [1.82, 2.24) is 4.72 Å². The zero-order valence-corrected chi connectivity index (χ0v) is 16.3. The van der Waals surface area contributed by atoms with Gasteiger partial charge in [0.2, 0.25) is 10.0 Å². The van der Waals surface area contributed by atoms with Gasteiger partial charge in [0.05, 0.1) is 17.8 Å². The molecule has 0 saturated carbocycles. The van der Waals surface area contributed by atoms with Crippen molar-refractivity contribution in [3.8, 4) is 0 Å². The molecule has 0 saturated heterocycles. The van der Waals surface area contributed by atoms with Crippen LogP contribution in [0.3, 0.4) is 0 Å². The van der Waals surface area contributed by atoms with Gasteiger partial charge in [-0.2, -0.15) is 0 Å². The first-order chi connectivity index (χ1) is 13.3. The van der Waals surface area contributed by atoms with Crippen molar-refractivity contribution >= 4 is 33.2 Å². The maximum atomic E-state index is 13.2. The topological polar surface area (TPSA) is 88.4 Å². The van der Waals surface area contributed by atoms with Crippen LogP contribution < -0.4 is 10.0 Å². The Morgan fingerprint density at radius 3 is 2.64 bits per heavy atom. The number of hydrogen-bond acceptors (Lipinski definition) is 4. The van der Waals surface area contributed by atoms with Crippen LogP contribution in [-0.4, -0.2) is 14.3 Å². The Labute approximate surface area is 166 Å². The summed E-state index contributed by atoms with van der Waals surface area (Å²) in [5.41, 5.74) is 1.04. The highest BCUT2D eigenvalue weighted by Crippen LogP contribution is 2.24. The van der Waals surface area contributed by atoms with Crippen LogP contribution in [0.2, 0.25) is 5.02 Å². The zero-order chi connectivity index (χ0) is 20.3. The largest absolute Gasteiger partial charge is 0.468 e. The molecule has 6 nitrogen and oxygen atoms in total. The highest BCUT2D eigenvalue weighted by Gasteiger charge is 2.21. The smallest absolute Gasteiger partial charge is 0.255 e. The summed E-state index contributed by atoms with van der Waals surface area (Å²) in [6.07, 6.45) is 1.43. The monoisotopic (exact) mass is 422 g/mol. The molecule has 3 rings (SSSR count). The third-order valence-electron chi connectivity index (χ3n) is 3.94. The number of sulfonamides is 1. The Kier molecular flexibility index (Phi) is 5.83. The number of hydrogen-bond donors (Lipinski definition) is 2. The normalized spacial score (nSPS) is 11.4. The summed E-state index contributed by atoms with van der Waals surface area (Å²) in [6, 6.07) is 11.1. The molecule has 9 heteroatoms. The van der Waals surface area contributed by atoms with Crippen LogP contribution in [0.5, 0.6) is 0 Å². The van der Waals surface area contributed by atoms with Gasteiger partial charge in [-0.05, 0) is 61.0 Å². The van der Waals surface area contributed by atoms with Crippen LogP contribution in [0, 0.1) is 12.7 Å². The van der Waals surface area contributed by atoms with Crippen LogP contribution in [-0.2, 0) is 16.6 Å². The van der Waals surface area contributed by atoms with Crippen LogP contribution >= 0.6 is 11.6 Å². The SMILES string of the molecule is Cc1cc(F)ccc1NC(=O)c1ccc(Cl)c(S(=O)(=O)NCc2ccco2)c1. The molecule has 0 atom stereocenters. The van der Waals surface area contributed by atoms with Gasteiger partial charge in [0.25, 0.3) is 5.91 Å². The van der Waals surface area contributed by atoms with Crippen molar-refractivity contribution in [3.05, 3.63) is 82.5 Å². The van der Waals surface area contributed by atoms with Gasteiger partial charge < -0.3 is 9.73 Å². The molecule has 2 N–H and O–H groups in total. The molecule has 0 fully saturated rings. The Balaban J connectivity index is 1.82. The molecular formula is C19H16ClFN2O4S. The number of furan rings is 1. The zero-order valence-electron chi connectivity index (χ0n) is 14.7. The molecule has 28 heavy (non-hydrogen) atoms. The fourth-order valence-corrected chi connectivity index (χ4v) is 3.99. The second-order valence-electron chi connectivity index (χ2n) is 5.96. The number of carbonyl (C=O) groups excluding carboxylic acids is 1. The Hall–Kier alpha value is -2.68. The minimum absolute atomic E-state index is 0.0264. The molecule has 0 unspecified atom stereocenters. The summed E-state index contributed by atoms with van der Waals surface area (Å²) in [5, 5.41) is 2.60. The van der Waals surface area contributed by atoms with Gasteiger partial charge in [-0.1, -0.05) is 11.6 Å². The molecular weight excluding hydrogens is 407 g/mol. The molecule has 2 aromatic carbocycles. The molecule has 0 aliphatic heterocycles. The van der Waals surface area contributed by atoms with Gasteiger partial charge in [-0.15, -0.1) is 0 Å². The average molecular weight is 423 g/mol. The summed E-state index contributed by atoms with van der Waals surface area (Å²) in [5.74, 6) is -0.535. The Bertz CT molecular complexity index is 1110. The van der Waals surface area contributed by atoms with E-state index < -0.39 is 21.7 Å². The van der Waals surface area contributed by atoms with Crippen molar-refractivity contribution in [3.63, 3.8) is 0 Å². The Morgan fingerprint density at radius 2 is 1.96 bits per heavy atom. The van der Waals surface area contributed by atoms with E-state index in [0.29, 0.717) is 17.0 Å². The van der Waals surface area contributed by atoms with Crippen molar-refractivity contribution in [1.29, 1.82) is 0 Å². The molecule has 146 valence electrons. The molecule has 1 amide bonds. The van der Waals surface area contributed by atoms with E-state index in [2.05, 4.69) is 10.0 Å². The van der Waals surface area contributed by atoms with E-state index >= 15 is 0 Å². The van der Waals surface area contributed by atoms with Gasteiger partial charge in [0.15, 0.2) is 0 Å². The molecule has 0 radical (unpaired) electrons. The minimum Gasteiger partial charge on any atom is -0.468 e. The number of aryl methyl sites for hydroxylation is 1. The second-order valence-corrected chi connectivity index (χ2v) is 8.11. The number of benzene rings is 2. The van der Waals surface area contributed by atoms with E-state index in [0.717, 1.165) is 0 Å². The Morgan fingerprint density at radius 1 is 1.18 bits per heavy atom. The van der Waals surface area contributed by atoms with Crippen LogP contribution in [0.4, 0.5) is 10.1 Å². The molecule has 1 aromatic heterocycles. The summed E-state index contributed by atoms with van der Waals surface area (Å²) in [4.78, 5) is 12.3. The number of anilines is 1. The average Bonchev–Trinajstić information content (AvgIpc) is 3.16. The lowest BCUT2D eigenvalue weighted by atomic mass is 10.1. The van der Waals surface area contributed by atoms with Crippen LogP contribution in [0.15, 0.2) is 64.1 Å². The standard InChI is InChI=1S/C19H16ClFN2O4S/c1-12-9-14(21)5-7-17(12)23-19(24)13-4-6-16(20)18(10-13)28(25,26)22-11-15-3-2-8-27-15/h2-10,22H,11H2,1H3,(H,23,24). The predicted molar refractivity (Wildman–Crippen MR) is 103 cm³/mol. The van der Waals surface area contributed by atoms with Crippen molar-refractivity contribution in [2.75, 3.05) is 5.32 Å². The highest BCUT2D eigenvalue weighted by atomic mass is 35.5. The first-order valence-corrected chi connectivity index (χ1v) is 10.0. The first kappa shape index (κ1) is 20.1. The van der Waals surface area contributed by atoms with Gasteiger partial charge in [0, 0.05) is 11.3 Å². The van der Waals surface area contributed by atoms with Gasteiger partial charge in [0.1, 0.15) is 16.5 Å². The highest BCUT2D eigenvalue weighted by molar-refractivity contribution is 7.89. The van der Waals surface area contributed by atoms with E-state index in [1.807, 2.05) is 0 Å². The summed E-state index contributed by atoms with van der Waals surface area (Å²) >= 11 is 6.03. The predicted octanol–water partition coefficient (Wildman–Crippen LogP) is 4.11. The van der Waals surface area contributed by atoms with Gasteiger partial charge in [-0.25, -0.2) is 17.5 Å². The third kappa shape index (κ3) is 4.59. The molecule has 0 aliphatic rings. The first-order valence-electron chi connectivity index (χ1n) is 8.15. The molecule has 0 bridgehead atoms. The number of nitrogens with one attached hydrogen (secondary N) is 2. The number of amides is 1. The van der Waals surface area contributed by atoms with Crippen LogP contribution in [0.1, 0.15) is 21.7 Å². The maximum Gasteiger partial charge on any atom is 0.255 e. The lowest BCUT2D eigenvalue weighted by Crippen LogP contribution is -2.24. The summed E-state index contributed by atoms with van der Waals surface area (Å²) in [6.45, 7) is 1.59. The number of halogens is 2. The van der Waals surface area contributed by atoms with Crippen molar-refractivity contribution < 1.29 is 22.0 Å². The van der Waals surface area contributed by atoms with Crippen LogP contribution in [0.25, 0.3) is 0 Å². The third-order valence-corrected chi connectivity index (χ3v) is 5.82. The molecule has 1 heterocycles. The molecule has 0 aliphatic carbocycles. The van der Waals surface area contributed by atoms with Gasteiger partial charge in [-0.3, -0.25) is 4.79 Å². The van der Waals surface area contributed by atoms with E-state index in [1.165, 1.54) is 42.7 Å². The lowest BCUT2D eigenvalue weighted by molar-refractivity contribution is 0.102. The van der Waals surface area contributed by atoms with Crippen molar-refractivity contribution in [2.24, 2.45) is 0 Å².